The minimum Gasteiger partial charge on any atom is -0.350 e. The third-order valence-corrected chi connectivity index (χ3v) is 4.34. The lowest BCUT2D eigenvalue weighted by atomic mass is 9.99. The van der Waals surface area contributed by atoms with E-state index in [-0.39, 0.29) is 18.3 Å². The van der Waals surface area contributed by atoms with Gasteiger partial charge < -0.3 is 10.2 Å². The molecule has 0 atom stereocenters. The van der Waals surface area contributed by atoms with Crippen LogP contribution in [0.1, 0.15) is 35.8 Å². The molecule has 0 radical (unpaired) electrons. The summed E-state index contributed by atoms with van der Waals surface area (Å²) in [6, 6.07) is 8.16. The molecule has 1 aliphatic heterocycles. The molecule has 0 spiro atoms. The molecule has 6 heteroatoms. The number of halogens is 1. The summed E-state index contributed by atoms with van der Waals surface area (Å²) in [5, 5.41) is 2.97. The predicted molar refractivity (Wildman–Crippen MR) is 90.1 cm³/mol. The number of carbonyl (C=O) groups excluding carboxylic acids is 1. The van der Waals surface area contributed by atoms with Crippen molar-refractivity contribution >= 4 is 11.9 Å². The summed E-state index contributed by atoms with van der Waals surface area (Å²) in [5.74, 6) is 0.643. The minimum atomic E-state index is -0.278. The van der Waals surface area contributed by atoms with Gasteiger partial charge in [0.1, 0.15) is 11.5 Å². The smallest absolute Gasteiger partial charge is 0.272 e. The maximum atomic E-state index is 13.6. The highest BCUT2D eigenvalue weighted by atomic mass is 19.1. The number of nitrogens with zero attached hydrogens (tertiary/aromatic N) is 3. The number of amides is 1. The number of nitrogens with one attached hydrogen (secondary N) is 1. The number of rotatable bonds is 4. The molecule has 24 heavy (non-hydrogen) atoms. The highest BCUT2D eigenvalue weighted by Crippen LogP contribution is 2.18. The van der Waals surface area contributed by atoms with Crippen LogP contribution in [0.3, 0.4) is 0 Å². The Morgan fingerprint density at radius 3 is 2.79 bits per heavy atom. The van der Waals surface area contributed by atoms with Crippen molar-refractivity contribution in [1.29, 1.82) is 0 Å². The quantitative estimate of drug-likeness (QED) is 0.937. The second-order valence-electron chi connectivity index (χ2n) is 6.19. The molecular weight excluding hydrogens is 307 g/mol. The Labute approximate surface area is 140 Å². The molecule has 5 nitrogen and oxygen atoms in total. The van der Waals surface area contributed by atoms with Crippen LogP contribution in [0.4, 0.5) is 10.3 Å². The van der Waals surface area contributed by atoms with Gasteiger partial charge in [-0.2, -0.15) is 0 Å². The highest BCUT2D eigenvalue weighted by Gasteiger charge is 2.22. The van der Waals surface area contributed by atoms with Crippen LogP contribution >= 0.6 is 0 Å². The van der Waals surface area contributed by atoms with E-state index in [2.05, 4.69) is 22.2 Å². The van der Waals surface area contributed by atoms with Gasteiger partial charge in [0.05, 0.1) is 0 Å². The monoisotopic (exact) mass is 328 g/mol. The van der Waals surface area contributed by atoms with Crippen LogP contribution in [0.15, 0.2) is 36.5 Å². The van der Waals surface area contributed by atoms with E-state index in [0.29, 0.717) is 23.1 Å². The van der Waals surface area contributed by atoms with E-state index in [1.54, 1.807) is 30.5 Å². The van der Waals surface area contributed by atoms with E-state index < -0.39 is 0 Å². The van der Waals surface area contributed by atoms with Gasteiger partial charge >= 0.3 is 0 Å². The fourth-order valence-electron chi connectivity index (χ4n) is 2.75. The van der Waals surface area contributed by atoms with Crippen LogP contribution in [0.2, 0.25) is 0 Å². The van der Waals surface area contributed by atoms with E-state index in [1.165, 1.54) is 6.07 Å². The van der Waals surface area contributed by atoms with E-state index in [1.807, 2.05) is 4.90 Å². The number of carbonyl (C=O) groups is 1. The number of benzene rings is 1. The normalized spacial score (nSPS) is 15.3. The first-order chi connectivity index (χ1) is 11.6. The molecule has 2 heterocycles. The Hall–Kier alpha value is -2.50. The molecule has 0 saturated carbocycles. The lowest BCUT2D eigenvalue weighted by molar-refractivity contribution is 0.0691. The van der Waals surface area contributed by atoms with Crippen molar-refractivity contribution in [2.45, 2.75) is 26.3 Å². The predicted octanol–water partition coefficient (Wildman–Crippen LogP) is 3.10. The average Bonchev–Trinajstić information content (AvgIpc) is 2.61. The Morgan fingerprint density at radius 1 is 1.29 bits per heavy atom. The molecular formula is C18H21FN4O. The van der Waals surface area contributed by atoms with Gasteiger partial charge in [0.25, 0.3) is 5.91 Å². The van der Waals surface area contributed by atoms with E-state index in [9.17, 15) is 9.18 Å². The Bertz CT molecular complexity index is 714. The summed E-state index contributed by atoms with van der Waals surface area (Å²) in [6.07, 6.45) is 3.60. The van der Waals surface area contributed by atoms with Gasteiger partial charge in [-0.25, -0.2) is 14.4 Å². The molecule has 1 aromatic carbocycles. The molecule has 0 bridgehead atoms. The number of aromatic nitrogens is 2. The van der Waals surface area contributed by atoms with Gasteiger partial charge in [0.15, 0.2) is 0 Å². The minimum absolute atomic E-state index is 0.0711. The maximum absolute atomic E-state index is 13.6. The molecule has 0 unspecified atom stereocenters. The van der Waals surface area contributed by atoms with Crippen LogP contribution in [-0.4, -0.2) is 33.9 Å². The Morgan fingerprint density at radius 2 is 2.04 bits per heavy atom. The molecule has 1 fully saturated rings. The summed E-state index contributed by atoms with van der Waals surface area (Å²) in [7, 11) is 0. The standard InChI is InChI=1S/C18H21FN4O/c1-13-7-10-23(11-8-13)17(24)16-6-9-20-18(22-16)21-12-14-4-2-3-5-15(14)19/h2-6,9,13H,7-8,10-12H2,1H3,(H,20,21,22). The summed E-state index contributed by atoms with van der Waals surface area (Å²) >= 11 is 0. The van der Waals surface area contributed by atoms with Gasteiger partial charge in [-0.15, -0.1) is 0 Å². The van der Waals surface area contributed by atoms with Crippen molar-refractivity contribution in [2.75, 3.05) is 18.4 Å². The first-order valence-electron chi connectivity index (χ1n) is 8.23. The van der Waals surface area contributed by atoms with Crippen LogP contribution in [0.25, 0.3) is 0 Å². The van der Waals surface area contributed by atoms with Gasteiger partial charge in [-0.05, 0) is 30.9 Å². The van der Waals surface area contributed by atoms with Gasteiger partial charge in [-0.3, -0.25) is 4.79 Å². The molecule has 1 saturated heterocycles. The van der Waals surface area contributed by atoms with Crippen LogP contribution in [-0.2, 0) is 6.54 Å². The third-order valence-electron chi connectivity index (χ3n) is 4.34. The molecule has 3 rings (SSSR count). The highest BCUT2D eigenvalue weighted by molar-refractivity contribution is 5.92. The largest absolute Gasteiger partial charge is 0.350 e. The molecule has 1 amide bonds. The van der Waals surface area contributed by atoms with Crippen molar-refractivity contribution in [3.05, 3.63) is 53.6 Å². The van der Waals surface area contributed by atoms with Crippen LogP contribution in [0.5, 0.6) is 0 Å². The zero-order chi connectivity index (χ0) is 16.9. The molecule has 1 N–H and O–H groups in total. The fourth-order valence-corrected chi connectivity index (χ4v) is 2.75. The number of hydrogen-bond donors (Lipinski definition) is 1. The second kappa shape index (κ2) is 7.38. The SMILES string of the molecule is CC1CCN(C(=O)c2ccnc(NCc3ccccc3F)n2)CC1. The number of piperidine rings is 1. The van der Waals surface area contributed by atoms with E-state index in [0.717, 1.165) is 25.9 Å². The summed E-state index contributed by atoms with van der Waals surface area (Å²) < 4.78 is 13.6. The van der Waals surface area contributed by atoms with Crippen molar-refractivity contribution in [3.8, 4) is 0 Å². The van der Waals surface area contributed by atoms with Gasteiger partial charge in [0, 0.05) is 31.4 Å². The lowest BCUT2D eigenvalue weighted by Crippen LogP contribution is -2.38. The van der Waals surface area contributed by atoms with Crippen LogP contribution in [0, 0.1) is 11.7 Å². The number of likely N-dealkylation sites (tertiary alicyclic amines) is 1. The number of hydrogen-bond acceptors (Lipinski definition) is 4. The van der Waals surface area contributed by atoms with Crippen molar-refractivity contribution < 1.29 is 9.18 Å². The zero-order valence-corrected chi connectivity index (χ0v) is 13.7. The van der Waals surface area contributed by atoms with Crippen molar-refractivity contribution in [3.63, 3.8) is 0 Å². The van der Waals surface area contributed by atoms with E-state index in [4.69, 9.17) is 0 Å². The summed E-state index contributed by atoms with van der Waals surface area (Å²) in [6.45, 7) is 4.01. The topological polar surface area (TPSA) is 58.1 Å². The molecule has 2 aromatic rings. The molecule has 0 aliphatic carbocycles. The average molecular weight is 328 g/mol. The maximum Gasteiger partial charge on any atom is 0.272 e. The first kappa shape index (κ1) is 16.4. The van der Waals surface area contributed by atoms with Crippen molar-refractivity contribution in [2.24, 2.45) is 5.92 Å². The lowest BCUT2D eigenvalue weighted by Gasteiger charge is -2.30. The molecule has 1 aromatic heterocycles. The van der Waals surface area contributed by atoms with Crippen molar-refractivity contribution in [1.82, 2.24) is 14.9 Å². The fraction of sp³-hybridized carbons (Fsp3) is 0.389. The van der Waals surface area contributed by atoms with Gasteiger partial charge in [-0.1, -0.05) is 25.1 Å². The third kappa shape index (κ3) is 3.88. The second-order valence-corrected chi connectivity index (χ2v) is 6.19. The molecule has 126 valence electrons. The first-order valence-corrected chi connectivity index (χ1v) is 8.23. The Kier molecular flexibility index (Phi) is 5.03. The van der Waals surface area contributed by atoms with E-state index >= 15 is 0 Å². The number of anilines is 1. The van der Waals surface area contributed by atoms with Gasteiger partial charge in [0.2, 0.25) is 5.95 Å². The van der Waals surface area contributed by atoms with Crippen LogP contribution < -0.4 is 5.32 Å². The summed E-state index contributed by atoms with van der Waals surface area (Å²) in [4.78, 5) is 22.8. The Balaban J connectivity index is 1.65. The summed E-state index contributed by atoms with van der Waals surface area (Å²) in [5.41, 5.74) is 0.901. The molecule has 1 aliphatic rings. The zero-order valence-electron chi connectivity index (χ0n) is 13.7.